The number of oxazole rings is 1. The SMILES string of the molecule is O=C(Nc1ccc2oc(C3CC3)nc2c1)c1ccccc1SCc1nnnn1-c1ccccc1. The van der Waals surface area contributed by atoms with Gasteiger partial charge in [0.25, 0.3) is 5.91 Å². The van der Waals surface area contributed by atoms with E-state index in [1.54, 1.807) is 4.68 Å². The van der Waals surface area contributed by atoms with Crippen molar-refractivity contribution in [2.75, 3.05) is 5.32 Å². The van der Waals surface area contributed by atoms with Gasteiger partial charge in [-0.2, -0.15) is 4.68 Å². The van der Waals surface area contributed by atoms with Gasteiger partial charge in [-0.1, -0.05) is 30.3 Å². The van der Waals surface area contributed by atoms with Crippen molar-refractivity contribution in [3.8, 4) is 5.69 Å². The molecule has 2 aromatic heterocycles. The molecule has 1 amide bonds. The Balaban J connectivity index is 1.19. The summed E-state index contributed by atoms with van der Waals surface area (Å²) in [6.07, 6.45) is 2.26. The van der Waals surface area contributed by atoms with E-state index in [9.17, 15) is 4.79 Å². The van der Waals surface area contributed by atoms with Gasteiger partial charge < -0.3 is 9.73 Å². The molecule has 0 radical (unpaired) electrons. The lowest BCUT2D eigenvalue weighted by molar-refractivity contribution is 0.102. The van der Waals surface area contributed by atoms with Gasteiger partial charge in [0.15, 0.2) is 17.3 Å². The Bertz CT molecular complexity index is 1480. The number of nitrogens with zero attached hydrogens (tertiary/aromatic N) is 5. The van der Waals surface area contributed by atoms with Gasteiger partial charge in [0.05, 0.1) is 17.0 Å². The number of para-hydroxylation sites is 1. The van der Waals surface area contributed by atoms with E-state index in [4.69, 9.17) is 4.42 Å². The highest BCUT2D eigenvalue weighted by Crippen LogP contribution is 2.40. The van der Waals surface area contributed by atoms with Gasteiger partial charge in [-0.25, -0.2) is 4.98 Å². The number of aromatic nitrogens is 5. The average Bonchev–Trinajstić information content (AvgIpc) is 3.46. The van der Waals surface area contributed by atoms with Crippen LogP contribution in [-0.4, -0.2) is 31.1 Å². The number of rotatable bonds is 7. The third-order valence-corrected chi connectivity index (χ3v) is 6.68. The van der Waals surface area contributed by atoms with Crippen LogP contribution in [-0.2, 0) is 5.75 Å². The van der Waals surface area contributed by atoms with Gasteiger partial charge in [0.1, 0.15) is 5.52 Å². The molecule has 168 valence electrons. The largest absolute Gasteiger partial charge is 0.440 e. The number of tetrazole rings is 1. The quantitative estimate of drug-likeness (QED) is 0.327. The number of nitrogens with one attached hydrogen (secondary N) is 1. The summed E-state index contributed by atoms with van der Waals surface area (Å²) in [5, 5.41) is 15.1. The van der Waals surface area contributed by atoms with Gasteiger partial charge in [-0.05, 0) is 65.7 Å². The molecule has 2 heterocycles. The highest BCUT2D eigenvalue weighted by molar-refractivity contribution is 7.98. The Morgan fingerprint density at radius 2 is 1.88 bits per heavy atom. The molecule has 1 saturated carbocycles. The first-order chi connectivity index (χ1) is 16.7. The van der Waals surface area contributed by atoms with E-state index < -0.39 is 0 Å². The summed E-state index contributed by atoms with van der Waals surface area (Å²) in [5.74, 6) is 2.27. The van der Waals surface area contributed by atoms with Crippen molar-refractivity contribution in [2.45, 2.75) is 29.4 Å². The fraction of sp³-hybridized carbons (Fsp3) is 0.160. The highest BCUT2D eigenvalue weighted by Gasteiger charge is 2.29. The van der Waals surface area contributed by atoms with Crippen LogP contribution in [0.3, 0.4) is 0 Å². The summed E-state index contributed by atoms with van der Waals surface area (Å²) in [6.45, 7) is 0. The molecule has 0 unspecified atom stereocenters. The van der Waals surface area contributed by atoms with Crippen LogP contribution < -0.4 is 5.32 Å². The number of hydrogen-bond acceptors (Lipinski definition) is 7. The van der Waals surface area contributed by atoms with Crippen molar-refractivity contribution in [2.24, 2.45) is 0 Å². The Morgan fingerprint density at radius 3 is 2.74 bits per heavy atom. The third kappa shape index (κ3) is 4.17. The number of hydrogen-bond donors (Lipinski definition) is 1. The first kappa shape index (κ1) is 20.6. The molecule has 0 spiro atoms. The normalized spacial score (nSPS) is 13.3. The van der Waals surface area contributed by atoms with E-state index >= 15 is 0 Å². The first-order valence-electron chi connectivity index (χ1n) is 11.0. The van der Waals surface area contributed by atoms with E-state index in [1.807, 2.05) is 72.8 Å². The van der Waals surface area contributed by atoms with E-state index in [2.05, 4.69) is 25.8 Å². The molecule has 6 rings (SSSR count). The summed E-state index contributed by atoms with van der Waals surface area (Å²) < 4.78 is 7.53. The predicted octanol–water partition coefficient (Wildman–Crippen LogP) is 5.23. The standard InChI is InChI=1S/C25H20N6O2S/c32-24(26-17-12-13-21-20(14-17)27-25(33-21)16-10-11-16)19-8-4-5-9-22(19)34-15-23-28-29-30-31(23)18-6-2-1-3-7-18/h1-9,12-14,16H,10-11,15H2,(H,26,32). The van der Waals surface area contributed by atoms with Gasteiger partial charge in [-0.3, -0.25) is 4.79 Å². The van der Waals surface area contributed by atoms with Gasteiger partial charge >= 0.3 is 0 Å². The second-order valence-electron chi connectivity index (χ2n) is 8.09. The minimum Gasteiger partial charge on any atom is -0.440 e. The molecule has 9 heteroatoms. The number of carbonyl (C=O) groups is 1. The Hall–Kier alpha value is -3.98. The molecule has 0 atom stereocenters. The second-order valence-corrected chi connectivity index (χ2v) is 9.11. The van der Waals surface area contributed by atoms with Crippen LogP contribution in [0.2, 0.25) is 0 Å². The molecule has 1 aliphatic carbocycles. The maximum absolute atomic E-state index is 13.1. The van der Waals surface area contributed by atoms with Crippen molar-refractivity contribution >= 4 is 34.5 Å². The second kappa shape index (κ2) is 8.75. The zero-order chi connectivity index (χ0) is 22.9. The van der Waals surface area contributed by atoms with E-state index in [-0.39, 0.29) is 5.91 Å². The van der Waals surface area contributed by atoms with Crippen LogP contribution in [0.5, 0.6) is 0 Å². The summed E-state index contributed by atoms with van der Waals surface area (Å²) >= 11 is 1.52. The van der Waals surface area contributed by atoms with Crippen molar-refractivity contribution < 1.29 is 9.21 Å². The smallest absolute Gasteiger partial charge is 0.256 e. The minimum absolute atomic E-state index is 0.184. The lowest BCUT2D eigenvalue weighted by Crippen LogP contribution is -2.13. The van der Waals surface area contributed by atoms with Crippen LogP contribution in [0.15, 0.2) is 82.1 Å². The average molecular weight is 469 g/mol. The third-order valence-electron chi connectivity index (χ3n) is 5.61. The van der Waals surface area contributed by atoms with Crippen LogP contribution >= 0.6 is 11.8 Å². The summed E-state index contributed by atoms with van der Waals surface area (Å²) in [6, 6.07) is 22.8. The zero-order valence-corrected chi connectivity index (χ0v) is 18.9. The van der Waals surface area contributed by atoms with Gasteiger partial charge in [-0.15, -0.1) is 16.9 Å². The molecule has 5 aromatic rings. The lowest BCUT2D eigenvalue weighted by atomic mass is 10.2. The molecule has 3 aromatic carbocycles. The minimum atomic E-state index is -0.184. The molecule has 1 aliphatic rings. The number of thioether (sulfide) groups is 1. The fourth-order valence-electron chi connectivity index (χ4n) is 3.71. The Morgan fingerprint density at radius 1 is 1.06 bits per heavy atom. The zero-order valence-electron chi connectivity index (χ0n) is 18.1. The summed E-state index contributed by atoms with van der Waals surface area (Å²) in [4.78, 5) is 18.6. The van der Waals surface area contributed by atoms with Crippen LogP contribution in [0.4, 0.5) is 5.69 Å². The molecule has 1 N–H and O–H groups in total. The first-order valence-corrected chi connectivity index (χ1v) is 12.0. The van der Waals surface area contributed by atoms with E-state index in [0.717, 1.165) is 40.4 Å². The van der Waals surface area contributed by atoms with Crippen molar-refractivity contribution in [3.63, 3.8) is 0 Å². The molecule has 0 bridgehead atoms. The molecule has 8 nitrogen and oxygen atoms in total. The molecular formula is C25H20N6O2S. The number of fused-ring (bicyclic) bond motifs is 1. The Labute approximate surface area is 199 Å². The molecule has 0 saturated heterocycles. The van der Waals surface area contributed by atoms with Crippen LogP contribution in [0.1, 0.15) is 40.8 Å². The molecular weight excluding hydrogens is 448 g/mol. The van der Waals surface area contributed by atoms with Crippen molar-refractivity contribution in [3.05, 3.63) is 90.1 Å². The molecule has 34 heavy (non-hydrogen) atoms. The predicted molar refractivity (Wildman–Crippen MR) is 129 cm³/mol. The number of benzene rings is 3. The van der Waals surface area contributed by atoms with E-state index in [0.29, 0.717) is 28.7 Å². The molecule has 1 fully saturated rings. The van der Waals surface area contributed by atoms with Crippen LogP contribution in [0, 0.1) is 0 Å². The van der Waals surface area contributed by atoms with Crippen molar-refractivity contribution in [1.82, 2.24) is 25.2 Å². The van der Waals surface area contributed by atoms with Gasteiger partial charge in [0.2, 0.25) is 0 Å². The van der Waals surface area contributed by atoms with Crippen LogP contribution in [0.25, 0.3) is 16.8 Å². The lowest BCUT2D eigenvalue weighted by Gasteiger charge is -2.10. The van der Waals surface area contributed by atoms with Crippen molar-refractivity contribution in [1.29, 1.82) is 0 Å². The highest BCUT2D eigenvalue weighted by atomic mass is 32.2. The summed E-state index contributed by atoms with van der Waals surface area (Å²) in [5.41, 5.74) is 3.66. The Kier molecular flexibility index (Phi) is 5.31. The molecule has 0 aliphatic heterocycles. The number of carbonyl (C=O) groups excluding carboxylic acids is 1. The monoisotopic (exact) mass is 468 g/mol. The van der Waals surface area contributed by atoms with E-state index in [1.165, 1.54) is 11.8 Å². The fourth-order valence-corrected chi connectivity index (χ4v) is 4.67. The maximum atomic E-state index is 13.1. The number of anilines is 1. The maximum Gasteiger partial charge on any atom is 0.256 e. The topological polar surface area (TPSA) is 98.7 Å². The van der Waals surface area contributed by atoms with Gasteiger partial charge in [0, 0.05) is 16.5 Å². The summed E-state index contributed by atoms with van der Waals surface area (Å²) in [7, 11) is 0. The number of amides is 1.